The molecule has 0 amide bonds. The lowest BCUT2D eigenvalue weighted by atomic mass is 10.1. The second-order valence-corrected chi connectivity index (χ2v) is 4.05. The molecule has 5 nitrogen and oxygen atoms in total. The maximum absolute atomic E-state index is 5.56. The number of rotatable bonds is 3. The molecule has 0 saturated heterocycles. The molecule has 0 atom stereocenters. The van der Waals surface area contributed by atoms with Gasteiger partial charge in [0.1, 0.15) is 12.0 Å². The molecule has 0 aliphatic carbocycles. The van der Waals surface area contributed by atoms with Gasteiger partial charge in [-0.05, 0) is 12.6 Å². The summed E-state index contributed by atoms with van der Waals surface area (Å²) in [7, 11) is 0. The van der Waals surface area contributed by atoms with Crippen molar-refractivity contribution in [2.45, 2.75) is 6.42 Å². The van der Waals surface area contributed by atoms with Gasteiger partial charge in [-0.3, -0.25) is 9.38 Å². The summed E-state index contributed by atoms with van der Waals surface area (Å²) in [5.41, 5.74) is 9.42. The molecule has 18 heavy (non-hydrogen) atoms. The highest BCUT2D eigenvalue weighted by Crippen LogP contribution is 2.22. The lowest BCUT2D eigenvalue weighted by Crippen LogP contribution is -2.02. The average molecular weight is 239 g/mol. The number of nitrogens with two attached hydrogens (primary N) is 1. The standard InChI is InChI=1S/C13H13N5/c14-4-3-11-8-18-9-16-7-12(13(18)17-11)10-2-1-5-15-6-10/h1-2,5-9H,3-4,14H2. The molecule has 3 aromatic heterocycles. The largest absolute Gasteiger partial charge is 0.330 e. The second kappa shape index (κ2) is 4.54. The molecule has 0 aliphatic heterocycles. The van der Waals surface area contributed by atoms with Crippen LogP contribution >= 0.6 is 0 Å². The summed E-state index contributed by atoms with van der Waals surface area (Å²) in [6.45, 7) is 0.597. The van der Waals surface area contributed by atoms with Crippen LogP contribution in [0.15, 0.2) is 43.2 Å². The fourth-order valence-corrected chi connectivity index (χ4v) is 1.96. The van der Waals surface area contributed by atoms with Crippen molar-refractivity contribution in [1.29, 1.82) is 0 Å². The molecular weight excluding hydrogens is 226 g/mol. The summed E-state index contributed by atoms with van der Waals surface area (Å²) < 4.78 is 1.92. The van der Waals surface area contributed by atoms with Crippen LogP contribution in [0.1, 0.15) is 5.69 Å². The van der Waals surface area contributed by atoms with Crippen LogP contribution in [0.3, 0.4) is 0 Å². The molecule has 3 heterocycles. The molecule has 0 aliphatic rings. The van der Waals surface area contributed by atoms with Crippen molar-refractivity contribution in [3.8, 4) is 11.1 Å². The molecule has 3 aromatic rings. The normalized spacial score (nSPS) is 10.9. The zero-order valence-corrected chi connectivity index (χ0v) is 9.82. The fourth-order valence-electron chi connectivity index (χ4n) is 1.96. The molecule has 0 bridgehead atoms. The number of fused-ring (bicyclic) bond motifs is 1. The first-order valence-corrected chi connectivity index (χ1v) is 5.80. The number of hydrogen-bond acceptors (Lipinski definition) is 4. The van der Waals surface area contributed by atoms with Crippen molar-refractivity contribution in [3.05, 3.63) is 48.9 Å². The van der Waals surface area contributed by atoms with E-state index in [1.807, 2.05) is 35.1 Å². The molecular formula is C13H13N5. The average Bonchev–Trinajstić information content (AvgIpc) is 2.82. The third-order valence-electron chi connectivity index (χ3n) is 2.79. The lowest BCUT2D eigenvalue weighted by Gasteiger charge is -2.01. The topological polar surface area (TPSA) is 69.1 Å². The summed E-state index contributed by atoms with van der Waals surface area (Å²) in [6, 6.07) is 3.91. The van der Waals surface area contributed by atoms with E-state index >= 15 is 0 Å². The first-order valence-electron chi connectivity index (χ1n) is 5.80. The molecule has 0 radical (unpaired) electrons. The predicted molar refractivity (Wildman–Crippen MR) is 69.0 cm³/mol. The number of aromatic nitrogens is 4. The van der Waals surface area contributed by atoms with Crippen molar-refractivity contribution in [3.63, 3.8) is 0 Å². The van der Waals surface area contributed by atoms with Gasteiger partial charge in [0.25, 0.3) is 0 Å². The quantitative estimate of drug-likeness (QED) is 0.747. The van der Waals surface area contributed by atoms with Gasteiger partial charge in [-0.2, -0.15) is 0 Å². The Bertz CT molecular complexity index is 659. The predicted octanol–water partition coefficient (Wildman–Crippen LogP) is 1.29. The molecule has 5 heteroatoms. The molecule has 0 unspecified atom stereocenters. The van der Waals surface area contributed by atoms with Crippen LogP contribution < -0.4 is 5.73 Å². The monoisotopic (exact) mass is 239 g/mol. The fraction of sp³-hybridized carbons (Fsp3) is 0.154. The van der Waals surface area contributed by atoms with Gasteiger partial charge in [0, 0.05) is 42.3 Å². The van der Waals surface area contributed by atoms with E-state index in [1.54, 1.807) is 12.5 Å². The smallest absolute Gasteiger partial charge is 0.147 e. The van der Waals surface area contributed by atoms with Crippen molar-refractivity contribution >= 4 is 5.65 Å². The second-order valence-electron chi connectivity index (χ2n) is 4.05. The number of imidazole rings is 1. The summed E-state index contributed by atoms with van der Waals surface area (Å²) in [5.74, 6) is 0. The molecule has 2 N–H and O–H groups in total. The van der Waals surface area contributed by atoms with Gasteiger partial charge in [-0.25, -0.2) is 9.97 Å². The van der Waals surface area contributed by atoms with E-state index in [9.17, 15) is 0 Å². The third-order valence-corrected chi connectivity index (χ3v) is 2.79. The Kier molecular flexibility index (Phi) is 2.74. The highest BCUT2D eigenvalue weighted by atomic mass is 15.0. The van der Waals surface area contributed by atoms with Crippen molar-refractivity contribution in [1.82, 2.24) is 19.4 Å². The summed E-state index contributed by atoms with van der Waals surface area (Å²) in [4.78, 5) is 12.9. The highest BCUT2D eigenvalue weighted by molar-refractivity contribution is 5.76. The molecule has 0 fully saturated rings. The Morgan fingerprint density at radius 1 is 1.22 bits per heavy atom. The molecule has 3 rings (SSSR count). The summed E-state index contributed by atoms with van der Waals surface area (Å²) in [6.07, 6.45) is 9.87. The molecule has 0 spiro atoms. The SMILES string of the molecule is NCCc1cn2cncc(-c3cccnc3)c2n1. The van der Waals surface area contributed by atoms with Gasteiger partial charge in [0.2, 0.25) is 0 Å². The van der Waals surface area contributed by atoms with Crippen LogP contribution in [0.25, 0.3) is 16.8 Å². The van der Waals surface area contributed by atoms with Gasteiger partial charge >= 0.3 is 0 Å². The van der Waals surface area contributed by atoms with Gasteiger partial charge in [0.05, 0.1) is 5.69 Å². The first kappa shape index (κ1) is 10.9. The number of nitrogens with zero attached hydrogens (tertiary/aromatic N) is 4. The summed E-state index contributed by atoms with van der Waals surface area (Å²) >= 11 is 0. The minimum atomic E-state index is 0.597. The van der Waals surface area contributed by atoms with E-state index in [0.29, 0.717) is 6.54 Å². The van der Waals surface area contributed by atoms with Crippen molar-refractivity contribution < 1.29 is 0 Å². The van der Waals surface area contributed by atoms with E-state index in [0.717, 1.165) is 28.9 Å². The van der Waals surface area contributed by atoms with Gasteiger partial charge in [-0.15, -0.1) is 0 Å². The maximum Gasteiger partial charge on any atom is 0.147 e. The zero-order valence-electron chi connectivity index (χ0n) is 9.82. The highest BCUT2D eigenvalue weighted by Gasteiger charge is 2.08. The van der Waals surface area contributed by atoms with Gasteiger partial charge in [0.15, 0.2) is 0 Å². The van der Waals surface area contributed by atoms with Gasteiger partial charge < -0.3 is 5.73 Å². The van der Waals surface area contributed by atoms with Crippen molar-refractivity contribution in [2.75, 3.05) is 6.54 Å². The Balaban J connectivity index is 2.17. The van der Waals surface area contributed by atoms with Gasteiger partial charge in [-0.1, -0.05) is 6.07 Å². The Morgan fingerprint density at radius 2 is 2.17 bits per heavy atom. The number of pyridine rings is 1. The van der Waals surface area contributed by atoms with E-state index < -0.39 is 0 Å². The minimum Gasteiger partial charge on any atom is -0.330 e. The third kappa shape index (κ3) is 1.84. The molecule has 0 saturated carbocycles. The maximum atomic E-state index is 5.56. The van der Waals surface area contributed by atoms with Crippen LogP contribution in [-0.4, -0.2) is 25.9 Å². The van der Waals surface area contributed by atoms with Crippen LogP contribution in [0.4, 0.5) is 0 Å². The lowest BCUT2D eigenvalue weighted by molar-refractivity contribution is 0.936. The Morgan fingerprint density at radius 3 is 2.94 bits per heavy atom. The zero-order chi connectivity index (χ0) is 12.4. The Hall–Kier alpha value is -2.27. The van der Waals surface area contributed by atoms with Crippen LogP contribution in [0.5, 0.6) is 0 Å². The number of hydrogen-bond donors (Lipinski definition) is 1. The minimum absolute atomic E-state index is 0.597. The van der Waals surface area contributed by atoms with Crippen LogP contribution in [0.2, 0.25) is 0 Å². The Labute approximate surface area is 104 Å². The van der Waals surface area contributed by atoms with Crippen molar-refractivity contribution in [2.24, 2.45) is 5.73 Å². The van der Waals surface area contributed by atoms with Crippen LogP contribution in [-0.2, 0) is 6.42 Å². The van der Waals surface area contributed by atoms with Crippen LogP contribution in [0, 0.1) is 0 Å². The van der Waals surface area contributed by atoms with E-state index in [-0.39, 0.29) is 0 Å². The molecule has 90 valence electrons. The summed E-state index contributed by atoms with van der Waals surface area (Å²) in [5, 5.41) is 0. The van der Waals surface area contributed by atoms with E-state index in [2.05, 4.69) is 15.0 Å². The first-order chi connectivity index (χ1) is 8.88. The molecule has 0 aromatic carbocycles. The van der Waals surface area contributed by atoms with E-state index in [4.69, 9.17) is 5.73 Å². The van der Waals surface area contributed by atoms with E-state index in [1.165, 1.54) is 0 Å².